The monoisotopic (exact) mass is 323 g/mol. The van der Waals surface area contributed by atoms with Crippen molar-refractivity contribution in [3.05, 3.63) is 64.4 Å². The summed E-state index contributed by atoms with van der Waals surface area (Å²) < 4.78 is 1.47. The second-order valence-electron chi connectivity index (χ2n) is 5.55. The van der Waals surface area contributed by atoms with Gasteiger partial charge >= 0.3 is 0 Å². The first-order valence-corrected chi connectivity index (χ1v) is 7.55. The largest absolute Gasteiger partial charge is 0.295 e. The zero-order valence-corrected chi connectivity index (χ0v) is 13.4. The van der Waals surface area contributed by atoms with Crippen LogP contribution in [0.15, 0.2) is 53.3 Å². The number of H-pyrrole nitrogens is 1. The van der Waals surface area contributed by atoms with Crippen molar-refractivity contribution in [2.24, 2.45) is 0 Å². The van der Waals surface area contributed by atoms with Crippen molar-refractivity contribution in [3.63, 3.8) is 0 Å². The predicted octanol–water partition coefficient (Wildman–Crippen LogP) is 2.28. The molecule has 3 aromatic rings. The molecule has 0 unspecified atom stereocenters. The van der Waals surface area contributed by atoms with E-state index >= 15 is 0 Å². The average molecular weight is 323 g/mol. The van der Waals surface area contributed by atoms with Crippen molar-refractivity contribution < 1.29 is 9.59 Å². The van der Waals surface area contributed by atoms with Gasteiger partial charge in [0.25, 0.3) is 5.56 Å². The third-order valence-corrected chi connectivity index (χ3v) is 3.85. The highest BCUT2D eigenvalue weighted by Gasteiger charge is 2.19. The molecule has 0 aliphatic rings. The fraction of sp³-hybridized carbons (Fsp3) is 0.167. The van der Waals surface area contributed by atoms with Crippen LogP contribution in [0, 0.1) is 0 Å². The Morgan fingerprint density at radius 3 is 2.29 bits per heavy atom. The van der Waals surface area contributed by atoms with Gasteiger partial charge < -0.3 is 0 Å². The number of aromatic amines is 1. The molecule has 0 saturated heterocycles. The van der Waals surface area contributed by atoms with Gasteiger partial charge in [-0.3, -0.25) is 24.4 Å². The molecule has 2 aromatic carbocycles. The van der Waals surface area contributed by atoms with Crippen molar-refractivity contribution in [2.75, 3.05) is 4.90 Å². The molecule has 6 heteroatoms. The summed E-state index contributed by atoms with van der Waals surface area (Å²) in [5.74, 6) is -0.724. The van der Waals surface area contributed by atoms with Crippen LogP contribution in [0.25, 0.3) is 10.9 Å². The number of imide groups is 1. The lowest BCUT2D eigenvalue weighted by Crippen LogP contribution is -2.34. The molecule has 24 heavy (non-hydrogen) atoms. The highest BCUT2D eigenvalue weighted by molar-refractivity contribution is 6.13. The lowest BCUT2D eigenvalue weighted by atomic mass is 10.1. The van der Waals surface area contributed by atoms with Crippen LogP contribution in [0.1, 0.15) is 19.4 Å². The minimum absolute atomic E-state index is 0.141. The molecular formula is C18H17N3O3. The molecule has 0 spiro atoms. The Bertz CT molecular complexity index is 970. The third-order valence-electron chi connectivity index (χ3n) is 3.85. The SMILES string of the molecule is CC(=O)N(C(C)=O)c1ccccc1Cn1[nH]c2ccccc2c1=O. The fourth-order valence-corrected chi connectivity index (χ4v) is 2.81. The number of fused-ring (bicyclic) bond motifs is 1. The van der Waals surface area contributed by atoms with E-state index in [-0.39, 0.29) is 23.9 Å². The van der Waals surface area contributed by atoms with Crippen LogP contribution in [0.5, 0.6) is 0 Å². The number of hydrogen-bond acceptors (Lipinski definition) is 3. The molecule has 1 N–H and O–H groups in total. The molecule has 0 saturated carbocycles. The van der Waals surface area contributed by atoms with Crippen LogP contribution in [0.2, 0.25) is 0 Å². The first-order chi connectivity index (χ1) is 11.5. The van der Waals surface area contributed by atoms with Gasteiger partial charge in [-0.15, -0.1) is 0 Å². The van der Waals surface area contributed by atoms with Gasteiger partial charge in [-0.05, 0) is 23.8 Å². The molecule has 2 amide bonds. The smallest absolute Gasteiger partial charge is 0.274 e. The Morgan fingerprint density at radius 2 is 1.62 bits per heavy atom. The maximum Gasteiger partial charge on any atom is 0.274 e. The summed E-state index contributed by atoms with van der Waals surface area (Å²) in [6.07, 6.45) is 0. The summed E-state index contributed by atoms with van der Waals surface area (Å²) >= 11 is 0. The Kier molecular flexibility index (Phi) is 4.04. The number of rotatable bonds is 3. The van der Waals surface area contributed by atoms with Gasteiger partial charge in [-0.1, -0.05) is 30.3 Å². The number of carbonyl (C=O) groups excluding carboxylic acids is 2. The van der Waals surface area contributed by atoms with Crippen molar-refractivity contribution in [2.45, 2.75) is 20.4 Å². The number of nitrogens with one attached hydrogen (secondary N) is 1. The minimum atomic E-state index is -0.362. The van der Waals surface area contributed by atoms with Gasteiger partial charge in [-0.25, -0.2) is 4.68 Å². The van der Waals surface area contributed by atoms with E-state index in [4.69, 9.17) is 0 Å². The van der Waals surface area contributed by atoms with Gasteiger partial charge in [0.15, 0.2) is 0 Å². The number of amides is 2. The highest BCUT2D eigenvalue weighted by Crippen LogP contribution is 2.22. The van der Waals surface area contributed by atoms with Crippen LogP contribution < -0.4 is 10.5 Å². The van der Waals surface area contributed by atoms with E-state index in [1.807, 2.05) is 24.3 Å². The molecule has 3 rings (SSSR count). The van der Waals surface area contributed by atoms with E-state index in [1.54, 1.807) is 24.3 Å². The van der Waals surface area contributed by atoms with Crippen LogP contribution in [0.3, 0.4) is 0 Å². The third kappa shape index (κ3) is 2.74. The van der Waals surface area contributed by atoms with Crippen LogP contribution >= 0.6 is 0 Å². The van der Waals surface area contributed by atoms with E-state index in [0.29, 0.717) is 16.6 Å². The van der Waals surface area contributed by atoms with Crippen molar-refractivity contribution in [1.82, 2.24) is 9.78 Å². The summed E-state index contributed by atoms with van der Waals surface area (Å²) in [6.45, 7) is 2.92. The molecule has 0 bridgehead atoms. The number of hydrogen-bond donors (Lipinski definition) is 1. The number of aromatic nitrogens is 2. The van der Waals surface area contributed by atoms with Gasteiger partial charge in [0.05, 0.1) is 23.1 Å². The molecular weight excluding hydrogens is 306 g/mol. The van der Waals surface area contributed by atoms with E-state index in [0.717, 1.165) is 10.4 Å². The summed E-state index contributed by atoms with van der Waals surface area (Å²) in [6, 6.07) is 14.3. The predicted molar refractivity (Wildman–Crippen MR) is 91.9 cm³/mol. The molecule has 0 radical (unpaired) electrons. The summed E-state index contributed by atoms with van der Waals surface area (Å²) in [7, 11) is 0. The molecule has 0 fully saturated rings. The number of benzene rings is 2. The maximum absolute atomic E-state index is 12.5. The average Bonchev–Trinajstić information content (AvgIpc) is 2.85. The Morgan fingerprint density at radius 1 is 1.00 bits per heavy atom. The molecule has 0 atom stereocenters. The summed E-state index contributed by atoms with van der Waals surface area (Å²) in [5.41, 5.74) is 1.80. The molecule has 6 nitrogen and oxygen atoms in total. The lowest BCUT2D eigenvalue weighted by molar-refractivity contribution is -0.124. The van der Waals surface area contributed by atoms with E-state index in [2.05, 4.69) is 5.10 Å². The normalized spacial score (nSPS) is 10.8. The van der Waals surface area contributed by atoms with E-state index < -0.39 is 0 Å². The first-order valence-electron chi connectivity index (χ1n) is 7.55. The first kappa shape index (κ1) is 15.7. The molecule has 1 aromatic heterocycles. The van der Waals surface area contributed by atoms with Crippen LogP contribution in [0.4, 0.5) is 5.69 Å². The molecule has 1 heterocycles. The Hall–Kier alpha value is -3.15. The van der Waals surface area contributed by atoms with E-state index in [9.17, 15) is 14.4 Å². The Balaban J connectivity index is 2.07. The maximum atomic E-state index is 12.5. The van der Waals surface area contributed by atoms with Gasteiger partial charge in [0.2, 0.25) is 11.8 Å². The summed E-state index contributed by atoms with van der Waals surface area (Å²) in [5, 5.41) is 3.65. The second kappa shape index (κ2) is 6.16. The van der Waals surface area contributed by atoms with E-state index in [1.165, 1.54) is 18.5 Å². The lowest BCUT2D eigenvalue weighted by Gasteiger charge is -2.20. The molecule has 0 aliphatic carbocycles. The van der Waals surface area contributed by atoms with Crippen molar-refractivity contribution >= 4 is 28.4 Å². The number of anilines is 1. The van der Waals surface area contributed by atoms with Gasteiger partial charge in [0.1, 0.15) is 0 Å². The molecule has 0 aliphatic heterocycles. The van der Waals surface area contributed by atoms with Gasteiger partial charge in [-0.2, -0.15) is 0 Å². The second-order valence-corrected chi connectivity index (χ2v) is 5.55. The molecule has 122 valence electrons. The number of carbonyl (C=O) groups is 2. The van der Waals surface area contributed by atoms with Crippen LogP contribution in [-0.4, -0.2) is 21.6 Å². The quantitative estimate of drug-likeness (QED) is 0.803. The summed E-state index contributed by atoms with van der Waals surface area (Å²) in [4.78, 5) is 37.2. The highest BCUT2D eigenvalue weighted by atomic mass is 16.2. The van der Waals surface area contributed by atoms with Crippen molar-refractivity contribution in [1.29, 1.82) is 0 Å². The number of nitrogens with zero attached hydrogens (tertiary/aromatic N) is 2. The number of para-hydroxylation sites is 2. The topological polar surface area (TPSA) is 75.2 Å². The zero-order valence-electron chi connectivity index (χ0n) is 13.4. The minimum Gasteiger partial charge on any atom is -0.295 e. The Labute approximate surface area is 138 Å². The van der Waals surface area contributed by atoms with Crippen molar-refractivity contribution in [3.8, 4) is 0 Å². The van der Waals surface area contributed by atoms with Crippen LogP contribution in [-0.2, 0) is 16.1 Å². The standard InChI is InChI=1S/C18H17N3O3/c1-12(22)21(13(2)23)17-10-6-3-7-14(17)11-20-18(24)15-8-4-5-9-16(15)19-20/h3-10,19H,11H2,1-2H3. The van der Waals surface area contributed by atoms with Gasteiger partial charge in [0, 0.05) is 13.8 Å². The zero-order chi connectivity index (χ0) is 17.3. The fourth-order valence-electron chi connectivity index (χ4n) is 2.81.